The first-order valence-corrected chi connectivity index (χ1v) is 11.4. The minimum absolute atomic E-state index is 0.0123. The monoisotopic (exact) mass is 449 g/mol. The molecule has 0 aliphatic rings. The first-order chi connectivity index (χ1) is 15.9. The lowest BCUT2D eigenvalue weighted by atomic mass is 10.1. The van der Waals surface area contributed by atoms with Crippen LogP contribution in [0.1, 0.15) is 44.1 Å². The molecule has 0 aliphatic carbocycles. The van der Waals surface area contributed by atoms with Gasteiger partial charge in [0.15, 0.2) is 0 Å². The van der Waals surface area contributed by atoms with E-state index < -0.39 is 4.92 Å². The van der Waals surface area contributed by atoms with E-state index >= 15 is 0 Å². The molecule has 0 spiro atoms. The van der Waals surface area contributed by atoms with Crippen LogP contribution in [0.3, 0.4) is 0 Å². The molecule has 174 valence electrons. The van der Waals surface area contributed by atoms with Crippen LogP contribution in [-0.2, 0) is 0 Å². The summed E-state index contributed by atoms with van der Waals surface area (Å²) in [5, 5.41) is 18.9. The van der Waals surface area contributed by atoms with Gasteiger partial charge in [0.2, 0.25) is 0 Å². The standard InChI is InChI=1S/C25H31N5O3/c1-4-28(5-2)16-10-11-19(3)26-25(31)24-18-23(20-12-7-6-8-13-20)27-29(24)21-14-9-15-22(17-21)30(32)33/h6-9,12-15,17-19H,4-5,10-11,16H2,1-3H3,(H,26,31). The second kappa shape index (κ2) is 11.4. The second-order valence-electron chi connectivity index (χ2n) is 8.01. The van der Waals surface area contributed by atoms with Crippen molar-refractivity contribution in [1.82, 2.24) is 20.0 Å². The van der Waals surface area contributed by atoms with Crippen molar-refractivity contribution < 1.29 is 9.72 Å². The summed E-state index contributed by atoms with van der Waals surface area (Å²) in [6.45, 7) is 9.31. The molecule has 1 amide bonds. The zero-order chi connectivity index (χ0) is 23.8. The third kappa shape index (κ3) is 6.26. The van der Waals surface area contributed by atoms with Crippen molar-refractivity contribution in [3.8, 4) is 16.9 Å². The number of hydrogen-bond acceptors (Lipinski definition) is 5. The zero-order valence-electron chi connectivity index (χ0n) is 19.4. The van der Waals surface area contributed by atoms with Gasteiger partial charge in [-0.1, -0.05) is 50.2 Å². The number of hydrogen-bond donors (Lipinski definition) is 1. The number of amides is 1. The molecule has 0 saturated heterocycles. The highest BCUT2D eigenvalue weighted by atomic mass is 16.6. The molecule has 1 atom stereocenters. The number of carbonyl (C=O) groups is 1. The summed E-state index contributed by atoms with van der Waals surface area (Å²) < 4.78 is 1.48. The van der Waals surface area contributed by atoms with Crippen LogP contribution in [0.5, 0.6) is 0 Å². The van der Waals surface area contributed by atoms with Crippen molar-refractivity contribution in [2.75, 3.05) is 19.6 Å². The van der Waals surface area contributed by atoms with Crippen LogP contribution in [0.2, 0.25) is 0 Å². The topological polar surface area (TPSA) is 93.3 Å². The van der Waals surface area contributed by atoms with E-state index in [1.807, 2.05) is 37.3 Å². The summed E-state index contributed by atoms with van der Waals surface area (Å²) in [6.07, 6.45) is 1.85. The van der Waals surface area contributed by atoms with E-state index in [4.69, 9.17) is 0 Å². The van der Waals surface area contributed by atoms with Gasteiger partial charge in [0.05, 0.1) is 16.3 Å². The Bertz CT molecular complexity index is 1080. The Kier molecular flexibility index (Phi) is 8.32. The molecule has 33 heavy (non-hydrogen) atoms. The molecule has 1 heterocycles. The third-order valence-electron chi connectivity index (χ3n) is 5.68. The first kappa shape index (κ1) is 24.1. The van der Waals surface area contributed by atoms with Crippen LogP contribution in [0.15, 0.2) is 60.7 Å². The second-order valence-corrected chi connectivity index (χ2v) is 8.01. The molecule has 2 aromatic carbocycles. The van der Waals surface area contributed by atoms with Gasteiger partial charge in [0, 0.05) is 23.7 Å². The van der Waals surface area contributed by atoms with Gasteiger partial charge in [-0.25, -0.2) is 4.68 Å². The highest BCUT2D eigenvalue weighted by Crippen LogP contribution is 2.24. The Morgan fingerprint density at radius 3 is 2.52 bits per heavy atom. The Labute approximate surface area is 194 Å². The van der Waals surface area contributed by atoms with Crippen molar-refractivity contribution in [3.63, 3.8) is 0 Å². The van der Waals surface area contributed by atoms with Crippen molar-refractivity contribution in [1.29, 1.82) is 0 Å². The molecule has 1 aromatic heterocycles. The summed E-state index contributed by atoms with van der Waals surface area (Å²) in [4.78, 5) is 26.4. The smallest absolute Gasteiger partial charge is 0.271 e. The van der Waals surface area contributed by atoms with E-state index in [1.165, 1.54) is 16.8 Å². The number of carbonyl (C=O) groups excluding carboxylic acids is 1. The van der Waals surface area contributed by atoms with Gasteiger partial charge < -0.3 is 10.2 Å². The van der Waals surface area contributed by atoms with Gasteiger partial charge in [0.1, 0.15) is 5.69 Å². The van der Waals surface area contributed by atoms with E-state index in [-0.39, 0.29) is 17.6 Å². The zero-order valence-corrected chi connectivity index (χ0v) is 19.4. The fraction of sp³-hybridized carbons (Fsp3) is 0.360. The third-order valence-corrected chi connectivity index (χ3v) is 5.68. The lowest BCUT2D eigenvalue weighted by Crippen LogP contribution is -2.34. The number of nitro groups is 1. The molecular weight excluding hydrogens is 418 g/mol. The van der Waals surface area contributed by atoms with Crippen LogP contribution < -0.4 is 5.32 Å². The molecule has 0 fully saturated rings. The minimum Gasteiger partial charge on any atom is -0.348 e. The maximum atomic E-state index is 13.2. The van der Waals surface area contributed by atoms with Crippen LogP contribution in [-0.4, -0.2) is 51.2 Å². The highest BCUT2D eigenvalue weighted by molar-refractivity contribution is 5.94. The summed E-state index contributed by atoms with van der Waals surface area (Å²) in [5.74, 6) is -0.258. The fourth-order valence-electron chi connectivity index (χ4n) is 3.76. The Morgan fingerprint density at radius 1 is 1.12 bits per heavy atom. The maximum Gasteiger partial charge on any atom is 0.271 e. The SMILES string of the molecule is CCN(CC)CCCC(C)NC(=O)c1cc(-c2ccccc2)nn1-c1cccc([N+](=O)[O-])c1. The number of rotatable bonds is 11. The van der Waals surface area contributed by atoms with Gasteiger partial charge in [-0.2, -0.15) is 5.10 Å². The fourth-order valence-corrected chi connectivity index (χ4v) is 3.76. The van der Waals surface area contributed by atoms with Crippen LogP contribution in [0.4, 0.5) is 5.69 Å². The molecule has 0 radical (unpaired) electrons. The number of benzene rings is 2. The lowest BCUT2D eigenvalue weighted by Gasteiger charge is -2.20. The number of nitrogens with zero attached hydrogens (tertiary/aromatic N) is 4. The van der Waals surface area contributed by atoms with Crippen molar-refractivity contribution in [3.05, 3.63) is 76.5 Å². The van der Waals surface area contributed by atoms with E-state index in [9.17, 15) is 14.9 Å². The number of aromatic nitrogens is 2. The summed E-state index contributed by atoms with van der Waals surface area (Å²) in [6, 6.07) is 17.4. The predicted molar refractivity (Wildman–Crippen MR) is 130 cm³/mol. The quantitative estimate of drug-likeness (QED) is 0.339. The average Bonchev–Trinajstić information content (AvgIpc) is 3.28. The van der Waals surface area contributed by atoms with Crippen LogP contribution in [0, 0.1) is 10.1 Å². The van der Waals surface area contributed by atoms with Crippen molar-refractivity contribution >= 4 is 11.6 Å². The summed E-state index contributed by atoms with van der Waals surface area (Å²) >= 11 is 0. The van der Waals surface area contributed by atoms with Gasteiger partial charge in [-0.15, -0.1) is 0 Å². The average molecular weight is 450 g/mol. The molecule has 1 N–H and O–H groups in total. The normalized spacial score (nSPS) is 12.0. The minimum atomic E-state index is -0.456. The first-order valence-electron chi connectivity index (χ1n) is 11.4. The molecule has 8 nitrogen and oxygen atoms in total. The van der Waals surface area contributed by atoms with E-state index in [1.54, 1.807) is 18.2 Å². The van der Waals surface area contributed by atoms with Gasteiger partial charge in [-0.3, -0.25) is 14.9 Å². The molecule has 8 heteroatoms. The summed E-state index contributed by atoms with van der Waals surface area (Å²) in [5.41, 5.74) is 2.24. The molecule has 0 saturated carbocycles. The van der Waals surface area contributed by atoms with Crippen molar-refractivity contribution in [2.24, 2.45) is 0 Å². The number of nitrogens with one attached hydrogen (secondary N) is 1. The van der Waals surface area contributed by atoms with Crippen LogP contribution >= 0.6 is 0 Å². The Morgan fingerprint density at radius 2 is 1.85 bits per heavy atom. The molecule has 0 bridgehead atoms. The molecule has 3 rings (SSSR count). The van der Waals surface area contributed by atoms with E-state index in [2.05, 4.69) is 29.2 Å². The predicted octanol–water partition coefficient (Wildman–Crippen LogP) is 4.69. The molecule has 0 aliphatic heterocycles. The van der Waals surface area contributed by atoms with Crippen molar-refractivity contribution in [2.45, 2.75) is 39.7 Å². The van der Waals surface area contributed by atoms with E-state index in [0.717, 1.165) is 38.0 Å². The Hall–Kier alpha value is -3.52. The maximum absolute atomic E-state index is 13.2. The lowest BCUT2D eigenvalue weighted by molar-refractivity contribution is -0.384. The van der Waals surface area contributed by atoms with E-state index in [0.29, 0.717) is 17.1 Å². The largest absolute Gasteiger partial charge is 0.348 e. The molecule has 1 unspecified atom stereocenters. The highest BCUT2D eigenvalue weighted by Gasteiger charge is 2.20. The molecular formula is C25H31N5O3. The van der Waals surface area contributed by atoms with Gasteiger partial charge in [0.25, 0.3) is 11.6 Å². The Balaban J connectivity index is 1.85. The number of non-ortho nitro benzene ring substituents is 1. The molecule has 3 aromatic rings. The van der Waals surface area contributed by atoms with Gasteiger partial charge in [-0.05, 0) is 51.5 Å². The van der Waals surface area contributed by atoms with Crippen LogP contribution in [0.25, 0.3) is 16.9 Å². The van der Waals surface area contributed by atoms with Gasteiger partial charge >= 0.3 is 0 Å². The number of nitro benzene ring substituents is 1. The summed E-state index contributed by atoms with van der Waals surface area (Å²) in [7, 11) is 0.